The second-order valence-electron chi connectivity index (χ2n) is 41.6. The quantitative estimate of drug-likeness (QED) is 0.0310. The van der Waals surface area contributed by atoms with Crippen LogP contribution in [0.3, 0.4) is 0 Å². The molecule has 0 fully saturated rings. The predicted molar refractivity (Wildman–Crippen MR) is 547 cm³/mol. The fraction of sp³-hybridized carbons (Fsp3) is 0.361. The first kappa shape index (κ1) is 82.8. The summed E-state index contributed by atoms with van der Waals surface area (Å²) in [6, 6.07) is 92.4. The maximum absolute atomic E-state index is 7.46. The van der Waals surface area contributed by atoms with Crippen LogP contribution in [-0.2, 0) is 21.7 Å². The largest absolute Gasteiger partial charge is 0.455 e. The van der Waals surface area contributed by atoms with Crippen LogP contribution in [-0.4, -0.2) is 16.1 Å². The van der Waals surface area contributed by atoms with E-state index < -0.39 is 16.1 Å². The van der Waals surface area contributed by atoms with Gasteiger partial charge in [-0.25, -0.2) is 0 Å². The molecule has 0 saturated heterocycles. The second-order valence-corrected chi connectivity index (χ2v) is 50.2. The van der Waals surface area contributed by atoms with Crippen molar-refractivity contribution in [2.24, 2.45) is 0 Å². The van der Waals surface area contributed by atoms with Gasteiger partial charge in [0.15, 0.2) is 0 Å². The van der Waals surface area contributed by atoms with Gasteiger partial charge in [-0.2, -0.15) is 0 Å². The predicted octanol–water partition coefficient (Wildman–Crippen LogP) is 33.9. The normalized spacial score (nSPS) is 15.8. The zero-order valence-corrected chi connectivity index (χ0v) is 79.6. The number of fused-ring (bicyclic) bond motifs is 27. The van der Waals surface area contributed by atoms with Crippen LogP contribution >= 0.6 is 0 Å². The lowest BCUT2D eigenvalue weighted by Gasteiger charge is -2.33. The molecule has 2 nitrogen and oxygen atoms in total. The van der Waals surface area contributed by atoms with E-state index in [1.165, 1.54) is 345 Å². The van der Waals surface area contributed by atoms with Gasteiger partial charge < -0.3 is 8.83 Å². The highest BCUT2D eigenvalue weighted by Gasteiger charge is 2.52. The molecule has 4 heterocycles. The molecule has 21 rings (SSSR count). The van der Waals surface area contributed by atoms with Crippen molar-refractivity contribution in [2.75, 3.05) is 0 Å². The van der Waals surface area contributed by atoms with Crippen molar-refractivity contribution in [1.29, 1.82) is 0 Å². The molecule has 0 bridgehead atoms. The van der Waals surface area contributed by atoms with Gasteiger partial charge in [0.2, 0.25) is 0 Å². The Morgan fingerprint density at radius 3 is 0.841 bits per heavy atom. The summed E-state index contributed by atoms with van der Waals surface area (Å²) in [5, 5.41) is 10.9. The maximum Gasteiger partial charge on any atom is 0.143 e. The number of hydrogen-bond donors (Lipinski definition) is 0. The topological polar surface area (TPSA) is 26.3 Å². The van der Waals surface area contributed by atoms with E-state index in [-0.39, 0.29) is 21.7 Å². The van der Waals surface area contributed by atoms with E-state index in [1.807, 2.05) is 0 Å². The summed E-state index contributed by atoms with van der Waals surface area (Å²) in [5.74, 6) is 0. The van der Waals surface area contributed by atoms with Crippen LogP contribution in [0.25, 0.3) is 155 Å². The van der Waals surface area contributed by atoms with E-state index >= 15 is 0 Å². The molecule has 0 saturated carbocycles. The van der Waals surface area contributed by atoms with Crippen molar-refractivity contribution in [3.05, 3.63) is 275 Å². The Hall–Kier alpha value is -10.1. The van der Waals surface area contributed by atoms with Gasteiger partial charge >= 0.3 is 0 Å². The van der Waals surface area contributed by atoms with E-state index in [4.69, 9.17) is 8.83 Å². The lowest BCUT2D eigenvalue weighted by Crippen LogP contribution is -2.63. The summed E-state index contributed by atoms with van der Waals surface area (Å²) in [5.41, 5.74) is 42.4. The zero-order valence-electron chi connectivity index (χ0n) is 77.6. The Kier molecular flexibility index (Phi) is 21.4. The van der Waals surface area contributed by atoms with Crippen LogP contribution in [0.15, 0.2) is 239 Å². The molecule has 15 aromatic rings. The first-order valence-electron chi connectivity index (χ1n) is 49.6. The molecule has 4 heteroatoms. The third-order valence-corrected chi connectivity index (χ3v) is 39.9. The molecule has 6 aliphatic rings. The standard InChI is InChI=1S/C122H130O2Si2/c1-13-17-21-25-29-41-67-121(68-42-30-26-22-18-14-2)99-49-37-33-45-85(99)91-61-55-81(73-105(91)121)79-53-59-87-89-63-57-83(75-103(89)119(5,6)101(87)71-79)97-77-109-113(115-111(97)93-47-35-39-51-107(93)123-115)95-65-66-96-114-110(126(11,12)118(96)117(95)125(109,9)10)78-98(112-94-48-36-40-52-108(94)124-116(112)114)84-58-64-90-88-60-54-80(72-102(88)120(7,8)104(90)76-84)82-56-62-92-86-46-34-38-50-100(86)122(106(92)74-82,69-43-31-27-23-19-15-3)70-44-32-28-24-20-16-4/h33-40,45-66,71-78H,13-32,41-44,67-70H2,1-12H3. The van der Waals surface area contributed by atoms with Gasteiger partial charge in [-0.3, -0.25) is 0 Å². The summed E-state index contributed by atoms with van der Waals surface area (Å²) in [7, 11) is -5.12. The smallest absolute Gasteiger partial charge is 0.143 e. The molecule has 13 aromatic carbocycles. The van der Waals surface area contributed by atoms with Crippen LogP contribution in [0, 0.1) is 0 Å². The molecule has 126 heavy (non-hydrogen) atoms. The monoisotopic (exact) mass is 1680 g/mol. The van der Waals surface area contributed by atoms with Crippen molar-refractivity contribution >= 4 is 80.8 Å². The van der Waals surface area contributed by atoms with Crippen LogP contribution < -0.4 is 20.7 Å². The molecular formula is C122H130O2Si2. The molecule has 4 aliphatic carbocycles. The molecule has 0 N–H and O–H groups in total. The molecule has 0 atom stereocenters. The second kappa shape index (κ2) is 32.6. The first-order chi connectivity index (χ1) is 61.4. The number of hydrogen-bond acceptors (Lipinski definition) is 2. The summed E-state index contributed by atoms with van der Waals surface area (Å²) >= 11 is 0. The van der Waals surface area contributed by atoms with Gasteiger partial charge in [0.05, 0.1) is 0 Å². The minimum atomic E-state index is -2.56. The number of benzene rings is 13. The van der Waals surface area contributed by atoms with Crippen LogP contribution in [0.5, 0.6) is 0 Å². The summed E-state index contributed by atoms with van der Waals surface area (Å²) < 4.78 is 14.9. The van der Waals surface area contributed by atoms with Crippen LogP contribution in [0.2, 0.25) is 26.2 Å². The van der Waals surface area contributed by atoms with E-state index in [9.17, 15) is 0 Å². The molecule has 2 aliphatic heterocycles. The highest BCUT2D eigenvalue weighted by atomic mass is 28.3. The number of para-hydroxylation sites is 2. The average molecular weight is 1680 g/mol. The summed E-state index contributed by atoms with van der Waals surface area (Å²) in [4.78, 5) is 0. The van der Waals surface area contributed by atoms with E-state index in [0.717, 1.165) is 22.3 Å². The fourth-order valence-corrected chi connectivity index (χ4v) is 34.4. The molecule has 0 amide bonds. The SMILES string of the molecule is CCCCCCCCC1(CCCCCCCC)c2ccccc2-c2ccc(-c3ccc4c(c3)C(C)(C)c3cc(-c5cc6c(c7oc8ccccc8c57)-c5ccc7c(c5[Si]6(C)C)[Si](C)(C)c5cc(-c6ccc8c(c6)C(C)(C)c6cc(-c9ccc%10c(c9)C(CCCCCCCC)(CCCCCCCC)c9ccccc9-%10)ccc6-8)c6c(oc8ccccc86)c5-7)ccc3-4)cc21. The maximum atomic E-state index is 7.46. The third kappa shape index (κ3) is 13.1. The van der Waals surface area contributed by atoms with E-state index in [2.05, 4.69) is 312 Å². The minimum absolute atomic E-state index is 0.0295. The number of unbranched alkanes of at least 4 members (excludes halogenated alkanes) is 20. The minimum Gasteiger partial charge on any atom is -0.455 e. The molecule has 638 valence electrons. The van der Waals surface area contributed by atoms with Gasteiger partial charge in [-0.05, 0) is 240 Å². The van der Waals surface area contributed by atoms with Crippen molar-refractivity contribution in [2.45, 2.75) is 283 Å². The molecular weight excluding hydrogens is 1550 g/mol. The lowest BCUT2D eigenvalue weighted by atomic mass is 9.70. The van der Waals surface area contributed by atoms with Gasteiger partial charge in [0.25, 0.3) is 0 Å². The van der Waals surface area contributed by atoms with E-state index in [0.29, 0.717) is 0 Å². The Balaban J connectivity index is 0.616. The van der Waals surface area contributed by atoms with E-state index in [1.54, 1.807) is 32.6 Å². The zero-order chi connectivity index (χ0) is 86.2. The highest BCUT2D eigenvalue weighted by molar-refractivity contribution is 7.13. The highest BCUT2D eigenvalue weighted by Crippen LogP contribution is 2.61. The van der Waals surface area contributed by atoms with Gasteiger partial charge in [-0.15, -0.1) is 0 Å². The Morgan fingerprint density at radius 1 is 0.238 bits per heavy atom. The third-order valence-electron chi connectivity index (χ3n) is 32.6. The Morgan fingerprint density at radius 2 is 0.500 bits per heavy atom. The van der Waals surface area contributed by atoms with Crippen LogP contribution in [0.4, 0.5) is 0 Å². The van der Waals surface area contributed by atoms with Gasteiger partial charge in [-0.1, -0.05) is 418 Å². The summed E-state index contributed by atoms with van der Waals surface area (Å²) in [6.07, 6.45) is 36.6. The van der Waals surface area contributed by atoms with Crippen molar-refractivity contribution in [3.8, 4) is 111 Å². The molecule has 0 radical (unpaired) electrons. The van der Waals surface area contributed by atoms with Crippen molar-refractivity contribution < 1.29 is 8.83 Å². The molecule has 0 spiro atoms. The number of furan rings is 2. The van der Waals surface area contributed by atoms with Crippen molar-refractivity contribution in [3.63, 3.8) is 0 Å². The molecule has 0 unspecified atom stereocenters. The first-order valence-corrected chi connectivity index (χ1v) is 55.6. The molecule has 2 aromatic heterocycles. The number of rotatable bonds is 32. The average Bonchev–Trinajstić information content (AvgIpc) is 1.51. The fourth-order valence-electron chi connectivity index (χ4n) is 26.0. The Bertz CT molecular complexity index is 6370. The Labute approximate surface area is 753 Å². The van der Waals surface area contributed by atoms with Gasteiger partial charge in [0, 0.05) is 54.3 Å². The lowest BCUT2D eigenvalue weighted by molar-refractivity contribution is 0.398. The van der Waals surface area contributed by atoms with Gasteiger partial charge in [0.1, 0.15) is 38.5 Å². The summed E-state index contributed by atoms with van der Waals surface area (Å²) in [6.45, 7) is 30.0. The van der Waals surface area contributed by atoms with Crippen LogP contribution in [0.1, 0.15) is 280 Å². The van der Waals surface area contributed by atoms with Crippen molar-refractivity contribution in [1.82, 2.24) is 0 Å².